The van der Waals surface area contributed by atoms with Crippen LogP contribution in [0.2, 0.25) is 0 Å². The van der Waals surface area contributed by atoms with Crippen molar-refractivity contribution in [2.75, 3.05) is 6.61 Å². The highest BCUT2D eigenvalue weighted by Crippen LogP contribution is 2.18. The number of ether oxygens (including phenoxy) is 1. The predicted molar refractivity (Wildman–Crippen MR) is 253 cm³/mol. The molecule has 0 amide bonds. The Hall–Kier alpha value is -0.530. The summed E-state index contributed by atoms with van der Waals surface area (Å²) in [6.45, 7) is 5.24. The molecule has 56 heavy (non-hydrogen) atoms. The number of carbonyl (C=O) groups is 1. The van der Waals surface area contributed by atoms with Gasteiger partial charge in [-0.15, -0.1) is 0 Å². The van der Waals surface area contributed by atoms with Gasteiger partial charge in [0.05, 0.1) is 6.61 Å². The maximum atomic E-state index is 12.1. The van der Waals surface area contributed by atoms with E-state index in [1.54, 1.807) is 0 Å². The van der Waals surface area contributed by atoms with E-state index in [0.717, 1.165) is 12.8 Å². The minimum atomic E-state index is 0.0348. The Morgan fingerprint density at radius 1 is 0.232 bits per heavy atom. The third-order valence-electron chi connectivity index (χ3n) is 12.7. The van der Waals surface area contributed by atoms with Crippen LogP contribution in [0.4, 0.5) is 0 Å². The van der Waals surface area contributed by atoms with Crippen LogP contribution in [0.25, 0.3) is 0 Å². The summed E-state index contributed by atoms with van der Waals surface area (Å²) in [5.74, 6) is 0.0348. The largest absolute Gasteiger partial charge is 0.466 e. The fraction of sp³-hybridized carbons (Fsp3) is 0.981. The second-order valence-electron chi connectivity index (χ2n) is 18.6. The molecule has 0 heterocycles. The molecule has 2 heteroatoms. The van der Waals surface area contributed by atoms with Gasteiger partial charge in [0.25, 0.3) is 0 Å². The monoisotopic (exact) mass is 789 g/mol. The molecule has 0 aromatic carbocycles. The zero-order valence-corrected chi connectivity index (χ0v) is 39.4. The van der Waals surface area contributed by atoms with Crippen LogP contribution >= 0.6 is 0 Å². The van der Waals surface area contributed by atoms with Crippen molar-refractivity contribution in [3.8, 4) is 0 Å². The Bertz CT molecular complexity index is 688. The Labute approximate surface area is 355 Å². The van der Waals surface area contributed by atoms with Crippen molar-refractivity contribution in [3.05, 3.63) is 0 Å². The van der Waals surface area contributed by atoms with Gasteiger partial charge in [-0.1, -0.05) is 316 Å². The first-order valence-electron chi connectivity index (χ1n) is 27.0. The third-order valence-corrected chi connectivity index (χ3v) is 12.7. The lowest BCUT2D eigenvalue weighted by Gasteiger charge is -2.06. The summed E-state index contributed by atoms with van der Waals surface area (Å²) in [7, 11) is 0. The molecule has 0 aliphatic heterocycles. The van der Waals surface area contributed by atoms with E-state index in [1.807, 2.05) is 0 Å². The van der Waals surface area contributed by atoms with Crippen molar-refractivity contribution < 1.29 is 9.53 Å². The molecule has 336 valence electrons. The van der Waals surface area contributed by atoms with Crippen molar-refractivity contribution in [2.24, 2.45) is 0 Å². The summed E-state index contributed by atoms with van der Waals surface area (Å²) < 4.78 is 5.50. The van der Waals surface area contributed by atoms with Crippen LogP contribution in [0.3, 0.4) is 0 Å². The van der Waals surface area contributed by atoms with Crippen LogP contribution in [-0.4, -0.2) is 12.6 Å². The molecule has 0 spiro atoms. The smallest absolute Gasteiger partial charge is 0.305 e. The number of carbonyl (C=O) groups excluding carboxylic acids is 1. The summed E-state index contributed by atoms with van der Waals surface area (Å²) in [6.07, 6.45) is 69.8. The first-order valence-corrected chi connectivity index (χ1v) is 27.0. The molecule has 0 unspecified atom stereocenters. The van der Waals surface area contributed by atoms with E-state index in [2.05, 4.69) is 13.8 Å². The number of rotatable bonds is 51. The maximum Gasteiger partial charge on any atom is 0.305 e. The van der Waals surface area contributed by atoms with E-state index < -0.39 is 0 Å². The Kier molecular flexibility index (Phi) is 52.0. The highest BCUT2D eigenvalue weighted by atomic mass is 16.5. The average molecular weight is 789 g/mol. The molecule has 0 atom stereocenters. The van der Waals surface area contributed by atoms with E-state index in [4.69, 9.17) is 4.74 Å². The molecular weight excluding hydrogens is 681 g/mol. The van der Waals surface area contributed by atoms with Gasteiger partial charge in [0.15, 0.2) is 0 Å². The Morgan fingerprint density at radius 2 is 0.393 bits per heavy atom. The van der Waals surface area contributed by atoms with Crippen LogP contribution in [0.15, 0.2) is 0 Å². The van der Waals surface area contributed by atoms with Gasteiger partial charge in [0.1, 0.15) is 0 Å². The summed E-state index contributed by atoms with van der Waals surface area (Å²) in [4.78, 5) is 12.1. The number of hydrogen-bond donors (Lipinski definition) is 0. The molecule has 0 radical (unpaired) electrons. The van der Waals surface area contributed by atoms with Gasteiger partial charge in [0, 0.05) is 6.42 Å². The molecule has 0 aromatic heterocycles. The van der Waals surface area contributed by atoms with E-state index in [9.17, 15) is 4.79 Å². The van der Waals surface area contributed by atoms with Gasteiger partial charge in [0.2, 0.25) is 0 Å². The maximum absolute atomic E-state index is 12.1. The summed E-state index contributed by atoms with van der Waals surface area (Å²) >= 11 is 0. The van der Waals surface area contributed by atoms with Gasteiger partial charge < -0.3 is 4.74 Å². The van der Waals surface area contributed by atoms with Gasteiger partial charge in [-0.2, -0.15) is 0 Å². The molecule has 0 rings (SSSR count). The van der Waals surface area contributed by atoms with Gasteiger partial charge >= 0.3 is 5.97 Å². The molecule has 0 aliphatic carbocycles. The zero-order chi connectivity index (χ0) is 40.3. The molecule has 0 N–H and O–H groups in total. The van der Waals surface area contributed by atoms with Gasteiger partial charge in [-0.3, -0.25) is 4.79 Å². The van der Waals surface area contributed by atoms with E-state index in [-0.39, 0.29) is 5.97 Å². The minimum absolute atomic E-state index is 0.0348. The first-order chi connectivity index (χ1) is 27.8. The van der Waals surface area contributed by atoms with Crippen molar-refractivity contribution in [1.82, 2.24) is 0 Å². The highest BCUT2D eigenvalue weighted by Gasteiger charge is 2.03. The molecular formula is C54H108O2. The molecule has 0 aliphatic rings. The van der Waals surface area contributed by atoms with Gasteiger partial charge in [-0.05, 0) is 12.8 Å². The molecule has 0 bridgehead atoms. The van der Waals surface area contributed by atoms with Crippen molar-refractivity contribution in [3.63, 3.8) is 0 Å². The van der Waals surface area contributed by atoms with E-state index in [0.29, 0.717) is 13.0 Å². The lowest BCUT2D eigenvalue weighted by Crippen LogP contribution is -2.05. The van der Waals surface area contributed by atoms with Gasteiger partial charge in [-0.25, -0.2) is 0 Å². The standard InChI is InChI=1S/C54H108O2/c1-3-5-7-9-11-13-15-17-19-21-23-24-25-26-27-28-29-30-31-32-33-34-36-38-40-42-44-46-48-50-52-54(55)56-53-51-49-47-45-43-41-39-37-35-22-20-18-16-14-12-10-8-6-4-2/h3-53H2,1-2H3. The van der Waals surface area contributed by atoms with Crippen molar-refractivity contribution >= 4 is 5.97 Å². The van der Waals surface area contributed by atoms with Crippen LogP contribution in [0.1, 0.15) is 335 Å². The SMILES string of the molecule is CCCCCCCCCCCCCCCCCCCCCCCCCCCCCCCCC(=O)OCCCCCCCCCCCCCCCCCCCCC. The number of esters is 1. The molecule has 0 fully saturated rings. The topological polar surface area (TPSA) is 26.3 Å². The fourth-order valence-electron chi connectivity index (χ4n) is 8.73. The first kappa shape index (κ1) is 55.5. The summed E-state index contributed by atoms with van der Waals surface area (Å²) in [5, 5.41) is 0. The van der Waals surface area contributed by atoms with Crippen LogP contribution in [-0.2, 0) is 9.53 Å². The summed E-state index contributed by atoms with van der Waals surface area (Å²) in [5.41, 5.74) is 0. The quantitative estimate of drug-likeness (QED) is 0.0453. The molecule has 0 saturated carbocycles. The van der Waals surface area contributed by atoms with E-state index >= 15 is 0 Å². The van der Waals surface area contributed by atoms with Crippen molar-refractivity contribution in [2.45, 2.75) is 335 Å². The minimum Gasteiger partial charge on any atom is -0.466 e. The Balaban J connectivity index is 3.14. The van der Waals surface area contributed by atoms with Crippen LogP contribution in [0, 0.1) is 0 Å². The number of hydrogen-bond acceptors (Lipinski definition) is 2. The average Bonchev–Trinajstić information content (AvgIpc) is 3.20. The normalized spacial score (nSPS) is 11.5. The zero-order valence-electron chi connectivity index (χ0n) is 39.4. The van der Waals surface area contributed by atoms with Crippen LogP contribution < -0.4 is 0 Å². The molecule has 2 nitrogen and oxygen atoms in total. The lowest BCUT2D eigenvalue weighted by molar-refractivity contribution is -0.143. The summed E-state index contributed by atoms with van der Waals surface area (Å²) in [6, 6.07) is 0. The predicted octanol–water partition coefficient (Wildman–Crippen LogP) is 20.1. The second-order valence-corrected chi connectivity index (χ2v) is 18.6. The third kappa shape index (κ3) is 51.5. The fourth-order valence-corrected chi connectivity index (χ4v) is 8.73. The molecule has 0 aromatic rings. The lowest BCUT2D eigenvalue weighted by atomic mass is 10.0. The number of unbranched alkanes of at least 4 members (excludes halogenated alkanes) is 47. The van der Waals surface area contributed by atoms with Crippen molar-refractivity contribution in [1.29, 1.82) is 0 Å². The molecule has 0 saturated heterocycles. The van der Waals surface area contributed by atoms with Crippen LogP contribution in [0.5, 0.6) is 0 Å². The van der Waals surface area contributed by atoms with E-state index in [1.165, 1.54) is 302 Å². The second kappa shape index (κ2) is 52.5. The Morgan fingerprint density at radius 3 is 0.589 bits per heavy atom. The highest BCUT2D eigenvalue weighted by molar-refractivity contribution is 5.69.